The Bertz CT molecular complexity index is 887. The Hall–Kier alpha value is -2.30. The third-order valence-corrected chi connectivity index (χ3v) is 6.47. The monoisotopic (exact) mass is 368 g/mol. The second kappa shape index (κ2) is 6.70. The van der Waals surface area contributed by atoms with Crippen LogP contribution in [0.4, 0.5) is 0 Å². The maximum absolute atomic E-state index is 12.5. The van der Waals surface area contributed by atoms with E-state index in [1.807, 2.05) is 17.9 Å². The Morgan fingerprint density at radius 3 is 2.74 bits per heavy atom. The van der Waals surface area contributed by atoms with Gasteiger partial charge in [0.25, 0.3) is 0 Å². The molecule has 5 nitrogen and oxygen atoms in total. The summed E-state index contributed by atoms with van der Waals surface area (Å²) >= 11 is 0. The number of aromatic amines is 1. The van der Waals surface area contributed by atoms with Crippen LogP contribution in [-0.4, -0.2) is 33.9 Å². The fourth-order valence-electron chi connectivity index (χ4n) is 5.32. The van der Waals surface area contributed by atoms with Crippen LogP contribution in [0.1, 0.15) is 63.8 Å². The minimum Gasteiger partial charge on any atom is -0.459 e. The molecular weight excluding hydrogens is 340 g/mol. The highest BCUT2D eigenvalue weighted by Crippen LogP contribution is 2.49. The molecule has 1 N–H and O–H groups in total. The molecule has 2 aromatic rings. The summed E-state index contributed by atoms with van der Waals surface area (Å²) in [6, 6.07) is 8.26. The molecule has 1 fully saturated rings. The second-order valence-electron chi connectivity index (χ2n) is 8.23. The molecule has 3 unspecified atom stereocenters. The number of hydrogen-bond donors (Lipinski definition) is 1. The van der Waals surface area contributed by atoms with E-state index in [1.54, 1.807) is 6.92 Å². The molecule has 27 heavy (non-hydrogen) atoms. The predicted molar refractivity (Wildman–Crippen MR) is 104 cm³/mol. The quantitative estimate of drug-likeness (QED) is 0.811. The molecule has 4 rings (SSSR count). The summed E-state index contributed by atoms with van der Waals surface area (Å²) in [5, 5.41) is 1.24. The first-order valence-corrected chi connectivity index (χ1v) is 9.97. The number of nitrogens with one attached hydrogen (secondary N) is 1. The molecule has 1 amide bonds. The average Bonchev–Trinajstić information content (AvgIpc) is 2.99. The van der Waals surface area contributed by atoms with E-state index >= 15 is 0 Å². The zero-order valence-corrected chi connectivity index (χ0v) is 16.4. The molecular formula is C22H28N2O3. The Balaban J connectivity index is 1.85. The van der Waals surface area contributed by atoms with Crippen LogP contribution < -0.4 is 0 Å². The number of carbonyl (C=O) groups excluding carboxylic acids is 2. The Kier molecular flexibility index (Phi) is 4.49. The predicted octanol–water partition coefficient (Wildman–Crippen LogP) is 4.13. The summed E-state index contributed by atoms with van der Waals surface area (Å²) < 4.78 is 5.87. The van der Waals surface area contributed by atoms with Crippen LogP contribution in [0.3, 0.4) is 0 Å². The van der Waals surface area contributed by atoms with Gasteiger partial charge in [-0.25, -0.2) is 0 Å². The van der Waals surface area contributed by atoms with Crippen LogP contribution in [-0.2, 0) is 20.7 Å². The molecule has 1 saturated carbocycles. The molecule has 5 heteroatoms. The van der Waals surface area contributed by atoms with Crippen molar-refractivity contribution < 1.29 is 14.3 Å². The van der Waals surface area contributed by atoms with Crippen molar-refractivity contribution >= 4 is 22.8 Å². The molecule has 1 aromatic heterocycles. The van der Waals surface area contributed by atoms with Crippen molar-refractivity contribution in [3.63, 3.8) is 0 Å². The number of ether oxygens (including phenoxy) is 1. The zero-order chi connectivity index (χ0) is 19.2. The lowest BCUT2D eigenvalue weighted by molar-refractivity contribution is -0.171. The number of amides is 1. The van der Waals surface area contributed by atoms with Gasteiger partial charge in [0.15, 0.2) is 0 Å². The molecule has 0 radical (unpaired) electrons. The Labute approximate surface area is 160 Å². The highest BCUT2D eigenvalue weighted by Gasteiger charge is 2.48. The van der Waals surface area contributed by atoms with Crippen molar-refractivity contribution in [2.24, 2.45) is 5.92 Å². The third-order valence-electron chi connectivity index (χ3n) is 6.47. The second-order valence-corrected chi connectivity index (χ2v) is 8.23. The standard InChI is InChI=1S/C22H28N2O3/c1-14(25)24-13-11-17-16-8-4-5-10-19(16)23-20(17)21(24)18-9-6-7-12-22(18,3)27-15(2)26/h4-5,8,10,18,21,23H,6-7,9,11-13H2,1-3H3. The third kappa shape index (κ3) is 3.03. The molecule has 3 atom stereocenters. The number of H-pyrrole nitrogens is 1. The van der Waals surface area contributed by atoms with Gasteiger partial charge in [-0.05, 0) is 44.2 Å². The topological polar surface area (TPSA) is 62.4 Å². The van der Waals surface area contributed by atoms with Gasteiger partial charge in [0.2, 0.25) is 5.91 Å². The molecule has 144 valence electrons. The lowest BCUT2D eigenvalue weighted by Crippen LogP contribution is -2.51. The van der Waals surface area contributed by atoms with Crippen molar-refractivity contribution in [3.05, 3.63) is 35.5 Å². The largest absolute Gasteiger partial charge is 0.459 e. The summed E-state index contributed by atoms with van der Waals surface area (Å²) in [6.45, 7) is 5.89. The Morgan fingerprint density at radius 1 is 1.22 bits per heavy atom. The van der Waals surface area contributed by atoms with E-state index in [0.29, 0.717) is 6.54 Å². The number of esters is 1. The van der Waals surface area contributed by atoms with Crippen molar-refractivity contribution in [2.45, 2.75) is 64.5 Å². The molecule has 0 spiro atoms. The fraction of sp³-hybridized carbons (Fsp3) is 0.545. The average molecular weight is 368 g/mol. The number of benzene rings is 1. The molecule has 1 aromatic carbocycles. The van der Waals surface area contributed by atoms with Gasteiger partial charge in [0, 0.05) is 42.9 Å². The van der Waals surface area contributed by atoms with Crippen molar-refractivity contribution in [3.8, 4) is 0 Å². The van der Waals surface area contributed by atoms with Gasteiger partial charge in [-0.1, -0.05) is 24.6 Å². The minimum absolute atomic E-state index is 0.0803. The summed E-state index contributed by atoms with van der Waals surface area (Å²) in [4.78, 5) is 29.9. The van der Waals surface area contributed by atoms with Crippen LogP contribution in [0.5, 0.6) is 0 Å². The van der Waals surface area contributed by atoms with Crippen LogP contribution in [0.15, 0.2) is 24.3 Å². The number of rotatable bonds is 2. The maximum Gasteiger partial charge on any atom is 0.303 e. The highest BCUT2D eigenvalue weighted by molar-refractivity contribution is 5.86. The highest BCUT2D eigenvalue weighted by atomic mass is 16.6. The maximum atomic E-state index is 12.5. The normalized spacial score (nSPS) is 28.0. The lowest BCUT2D eigenvalue weighted by atomic mass is 9.70. The van der Waals surface area contributed by atoms with Crippen LogP contribution in [0, 0.1) is 5.92 Å². The van der Waals surface area contributed by atoms with Gasteiger partial charge in [-0.3, -0.25) is 9.59 Å². The van der Waals surface area contributed by atoms with Crippen LogP contribution in [0.25, 0.3) is 10.9 Å². The summed E-state index contributed by atoms with van der Waals surface area (Å²) in [6.07, 6.45) is 4.79. The van der Waals surface area contributed by atoms with E-state index in [9.17, 15) is 9.59 Å². The molecule has 0 saturated heterocycles. The number of para-hydroxylation sites is 1. The van der Waals surface area contributed by atoms with E-state index in [2.05, 4.69) is 23.2 Å². The van der Waals surface area contributed by atoms with Crippen molar-refractivity contribution in [2.75, 3.05) is 6.54 Å². The van der Waals surface area contributed by atoms with E-state index in [4.69, 9.17) is 4.74 Å². The van der Waals surface area contributed by atoms with Gasteiger partial charge in [0.05, 0.1) is 6.04 Å². The fourth-order valence-corrected chi connectivity index (χ4v) is 5.32. The molecule has 1 aliphatic carbocycles. The van der Waals surface area contributed by atoms with Gasteiger partial charge >= 0.3 is 5.97 Å². The molecule has 2 aliphatic rings. The number of nitrogens with zero attached hydrogens (tertiary/aromatic N) is 1. The van der Waals surface area contributed by atoms with E-state index < -0.39 is 5.60 Å². The first-order chi connectivity index (χ1) is 12.9. The lowest BCUT2D eigenvalue weighted by Gasteiger charge is -2.49. The Morgan fingerprint density at radius 2 is 2.00 bits per heavy atom. The first-order valence-electron chi connectivity index (χ1n) is 9.97. The van der Waals surface area contributed by atoms with E-state index in [0.717, 1.165) is 43.3 Å². The molecule has 0 bridgehead atoms. The smallest absolute Gasteiger partial charge is 0.303 e. The zero-order valence-electron chi connectivity index (χ0n) is 16.4. The summed E-state index contributed by atoms with van der Waals surface area (Å²) in [5.41, 5.74) is 3.00. The van der Waals surface area contributed by atoms with Gasteiger partial charge in [0.1, 0.15) is 5.60 Å². The van der Waals surface area contributed by atoms with Gasteiger partial charge < -0.3 is 14.6 Å². The van der Waals surface area contributed by atoms with Gasteiger partial charge in [-0.2, -0.15) is 0 Å². The number of carbonyl (C=O) groups is 2. The van der Waals surface area contributed by atoms with Gasteiger partial charge in [-0.15, -0.1) is 0 Å². The number of hydrogen-bond acceptors (Lipinski definition) is 3. The summed E-state index contributed by atoms with van der Waals surface area (Å²) in [5.74, 6) is -0.0716. The van der Waals surface area contributed by atoms with E-state index in [-0.39, 0.29) is 23.8 Å². The molecule has 2 heterocycles. The van der Waals surface area contributed by atoms with Crippen molar-refractivity contribution in [1.82, 2.24) is 9.88 Å². The first kappa shape index (κ1) is 18.1. The number of aromatic nitrogens is 1. The summed E-state index contributed by atoms with van der Waals surface area (Å²) in [7, 11) is 0. The SMILES string of the molecule is CC(=O)OC1(C)CCCCC1C1c2[nH]c3ccccc3c2CCN1C(C)=O. The van der Waals surface area contributed by atoms with Crippen LogP contribution in [0.2, 0.25) is 0 Å². The van der Waals surface area contributed by atoms with Crippen LogP contribution >= 0.6 is 0 Å². The van der Waals surface area contributed by atoms with Crippen molar-refractivity contribution in [1.29, 1.82) is 0 Å². The minimum atomic E-state index is -0.547. The number of fused-ring (bicyclic) bond motifs is 3. The molecule has 1 aliphatic heterocycles. The van der Waals surface area contributed by atoms with E-state index in [1.165, 1.54) is 17.9 Å².